The van der Waals surface area contributed by atoms with E-state index in [1.807, 2.05) is 10.9 Å². The minimum Gasteiger partial charge on any atom is -0.270 e. The van der Waals surface area contributed by atoms with Gasteiger partial charge in [0.25, 0.3) is 0 Å². The molecule has 0 aromatic carbocycles. The maximum Gasteiger partial charge on any atom is 0.0953 e. The Morgan fingerprint density at radius 1 is 0.864 bits per heavy atom. The highest BCUT2D eigenvalue weighted by Gasteiger charge is 2.07. The van der Waals surface area contributed by atoms with Gasteiger partial charge in [0.15, 0.2) is 0 Å². The molecule has 0 fully saturated rings. The Kier molecular flexibility index (Phi) is 7.27. The molecule has 0 amide bonds. The van der Waals surface area contributed by atoms with Crippen LogP contribution in [0.25, 0.3) is 0 Å². The molecule has 2 aromatic heterocycles. The molecule has 124 valence electrons. The fourth-order valence-corrected chi connectivity index (χ4v) is 2.78. The molecule has 2 aromatic rings. The lowest BCUT2D eigenvalue weighted by Crippen LogP contribution is -2.02. The summed E-state index contributed by atoms with van der Waals surface area (Å²) in [5.41, 5.74) is 2.41. The van der Waals surface area contributed by atoms with Crippen molar-refractivity contribution in [3.8, 4) is 0 Å². The van der Waals surface area contributed by atoms with Gasteiger partial charge in [0.1, 0.15) is 0 Å². The van der Waals surface area contributed by atoms with Crippen molar-refractivity contribution in [2.75, 3.05) is 0 Å². The van der Waals surface area contributed by atoms with Gasteiger partial charge in [-0.05, 0) is 31.7 Å². The van der Waals surface area contributed by atoms with Gasteiger partial charge in [0.2, 0.25) is 0 Å². The molecule has 0 atom stereocenters. The van der Waals surface area contributed by atoms with Gasteiger partial charge in [-0.15, -0.1) is 11.3 Å². The summed E-state index contributed by atoms with van der Waals surface area (Å²) in [6.07, 6.45) is 2.04. The normalized spacial score (nSPS) is 11.5. The predicted octanol–water partition coefficient (Wildman–Crippen LogP) is 5.98. The van der Waals surface area contributed by atoms with Crippen molar-refractivity contribution >= 4 is 11.3 Å². The Hall–Kier alpha value is -1.16. The molecule has 4 heteroatoms. The summed E-state index contributed by atoms with van der Waals surface area (Å²) in [4.78, 5) is 4.53. The van der Waals surface area contributed by atoms with Crippen LogP contribution >= 0.6 is 11.3 Å². The third kappa shape index (κ3) is 5.56. The molecular formula is C18H31N3S. The molecule has 0 bridgehead atoms. The average Bonchev–Trinajstić information content (AvgIpc) is 3.09. The van der Waals surface area contributed by atoms with E-state index in [0.29, 0.717) is 23.8 Å². The standard InChI is InChI=1S/C9H16N2.C9H15NS/c1-7(2)9-5-6-11(10-9)8(3)4;1-6(2)8-5-11-9(10-8)7(3)4/h5-8H,1-4H3;5-7H,1-4H3. The highest BCUT2D eigenvalue weighted by Crippen LogP contribution is 2.23. The average molecular weight is 322 g/mol. The minimum absolute atomic E-state index is 0.475. The van der Waals surface area contributed by atoms with Crippen molar-refractivity contribution in [2.24, 2.45) is 0 Å². The highest BCUT2D eigenvalue weighted by molar-refractivity contribution is 7.09. The molecule has 0 aliphatic heterocycles. The van der Waals surface area contributed by atoms with Crippen LogP contribution in [0, 0.1) is 0 Å². The van der Waals surface area contributed by atoms with Gasteiger partial charge in [-0.3, -0.25) is 4.68 Å². The molecule has 22 heavy (non-hydrogen) atoms. The summed E-state index contributed by atoms with van der Waals surface area (Å²) in [5, 5.41) is 7.85. The first-order valence-corrected chi connectivity index (χ1v) is 9.10. The third-order valence-electron chi connectivity index (χ3n) is 3.37. The van der Waals surface area contributed by atoms with E-state index in [0.717, 1.165) is 0 Å². The monoisotopic (exact) mass is 321 g/mol. The van der Waals surface area contributed by atoms with Crippen molar-refractivity contribution < 1.29 is 0 Å². The second-order valence-electron chi connectivity index (χ2n) is 6.89. The van der Waals surface area contributed by atoms with Crippen LogP contribution in [0.15, 0.2) is 17.6 Å². The molecule has 0 N–H and O–H groups in total. The third-order valence-corrected chi connectivity index (χ3v) is 4.54. The summed E-state index contributed by atoms with van der Waals surface area (Å²) < 4.78 is 2.00. The van der Waals surface area contributed by atoms with E-state index < -0.39 is 0 Å². The number of thiazole rings is 1. The van der Waals surface area contributed by atoms with Crippen molar-refractivity contribution in [1.29, 1.82) is 0 Å². The lowest BCUT2D eigenvalue weighted by Gasteiger charge is -2.04. The van der Waals surface area contributed by atoms with Gasteiger partial charge in [0.05, 0.1) is 16.4 Å². The summed E-state index contributed by atoms with van der Waals surface area (Å²) in [5.74, 6) is 1.68. The van der Waals surface area contributed by atoms with Crippen molar-refractivity contribution in [3.05, 3.63) is 34.0 Å². The Balaban J connectivity index is 0.000000220. The van der Waals surface area contributed by atoms with Crippen LogP contribution in [-0.4, -0.2) is 14.8 Å². The van der Waals surface area contributed by atoms with Crippen molar-refractivity contribution in [1.82, 2.24) is 14.8 Å². The Morgan fingerprint density at radius 2 is 1.45 bits per heavy atom. The smallest absolute Gasteiger partial charge is 0.0953 e. The van der Waals surface area contributed by atoms with E-state index in [1.54, 1.807) is 11.3 Å². The van der Waals surface area contributed by atoms with Gasteiger partial charge < -0.3 is 0 Å². The van der Waals surface area contributed by atoms with E-state index in [-0.39, 0.29) is 0 Å². The molecule has 3 nitrogen and oxygen atoms in total. The summed E-state index contributed by atoms with van der Waals surface area (Å²) in [6, 6.07) is 2.56. The molecule has 0 saturated carbocycles. The Labute approximate surface area is 139 Å². The fraction of sp³-hybridized carbons (Fsp3) is 0.667. The second-order valence-corrected chi connectivity index (χ2v) is 7.78. The Bertz CT molecular complexity index is 455. The van der Waals surface area contributed by atoms with Crippen LogP contribution in [0.1, 0.15) is 95.6 Å². The quantitative estimate of drug-likeness (QED) is 0.693. The van der Waals surface area contributed by atoms with E-state index >= 15 is 0 Å². The molecular weight excluding hydrogens is 290 g/mol. The van der Waals surface area contributed by atoms with Crippen LogP contribution in [0.5, 0.6) is 0 Å². The zero-order chi connectivity index (χ0) is 16.9. The summed E-state index contributed by atoms with van der Waals surface area (Å²) >= 11 is 1.77. The van der Waals surface area contributed by atoms with E-state index in [2.05, 4.69) is 76.9 Å². The highest BCUT2D eigenvalue weighted by atomic mass is 32.1. The number of rotatable bonds is 4. The molecule has 0 radical (unpaired) electrons. The number of aromatic nitrogens is 3. The van der Waals surface area contributed by atoms with Crippen LogP contribution < -0.4 is 0 Å². The SMILES string of the molecule is CC(C)c1ccn(C(C)C)n1.CC(C)c1csc(C(C)C)n1. The van der Waals surface area contributed by atoms with Gasteiger partial charge >= 0.3 is 0 Å². The zero-order valence-electron chi connectivity index (χ0n) is 15.3. The van der Waals surface area contributed by atoms with E-state index in [4.69, 9.17) is 0 Å². The van der Waals surface area contributed by atoms with Gasteiger partial charge in [-0.25, -0.2) is 4.98 Å². The fourth-order valence-electron chi connectivity index (χ4n) is 1.78. The number of hydrogen-bond donors (Lipinski definition) is 0. The molecule has 0 aliphatic carbocycles. The second kappa shape index (κ2) is 8.47. The lowest BCUT2D eigenvalue weighted by molar-refractivity contribution is 0.523. The molecule has 0 saturated heterocycles. The van der Waals surface area contributed by atoms with Crippen LogP contribution in [0.3, 0.4) is 0 Å². The van der Waals surface area contributed by atoms with Crippen LogP contribution in [-0.2, 0) is 0 Å². The number of hydrogen-bond acceptors (Lipinski definition) is 3. The van der Waals surface area contributed by atoms with Gasteiger partial charge in [-0.2, -0.15) is 5.10 Å². The maximum atomic E-state index is 4.53. The first kappa shape index (κ1) is 18.9. The molecule has 0 spiro atoms. The van der Waals surface area contributed by atoms with E-state index in [9.17, 15) is 0 Å². The molecule has 2 rings (SSSR count). The van der Waals surface area contributed by atoms with Crippen LogP contribution in [0.2, 0.25) is 0 Å². The van der Waals surface area contributed by atoms with Gasteiger partial charge in [-0.1, -0.05) is 41.5 Å². The van der Waals surface area contributed by atoms with Crippen LogP contribution in [0.4, 0.5) is 0 Å². The molecule has 2 heterocycles. The maximum absolute atomic E-state index is 4.53. The van der Waals surface area contributed by atoms with E-state index in [1.165, 1.54) is 16.4 Å². The largest absolute Gasteiger partial charge is 0.270 e. The topological polar surface area (TPSA) is 30.7 Å². The first-order chi connectivity index (χ1) is 10.2. The predicted molar refractivity (Wildman–Crippen MR) is 97.0 cm³/mol. The van der Waals surface area contributed by atoms with Crippen molar-refractivity contribution in [3.63, 3.8) is 0 Å². The Morgan fingerprint density at radius 3 is 1.73 bits per heavy atom. The lowest BCUT2D eigenvalue weighted by atomic mass is 10.1. The zero-order valence-corrected chi connectivity index (χ0v) is 16.1. The first-order valence-electron chi connectivity index (χ1n) is 8.22. The molecule has 0 unspecified atom stereocenters. The minimum atomic E-state index is 0.475. The molecule has 0 aliphatic rings. The van der Waals surface area contributed by atoms with Crippen molar-refractivity contribution in [2.45, 2.75) is 79.2 Å². The summed E-state index contributed by atoms with van der Waals surface area (Å²) in [7, 11) is 0. The van der Waals surface area contributed by atoms with Gasteiger partial charge in [0, 0.05) is 23.5 Å². The number of nitrogens with zero attached hydrogens (tertiary/aromatic N) is 3. The summed E-state index contributed by atoms with van der Waals surface area (Å²) in [6.45, 7) is 17.3.